The normalized spacial score (nSPS) is 25.2. The molecule has 2 saturated carbocycles. The second kappa shape index (κ2) is 14.0. The van der Waals surface area contributed by atoms with E-state index < -0.39 is 23.6 Å². The Hall–Kier alpha value is -2.07. The zero-order valence-electron chi connectivity index (χ0n) is 24.1. The molecule has 0 radical (unpaired) electrons. The van der Waals surface area contributed by atoms with Crippen LogP contribution < -0.4 is 0 Å². The molecule has 2 fully saturated rings. The second-order valence-corrected chi connectivity index (χ2v) is 12.0. The first-order chi connectivity index (χ1) is 18.8. The molecule has 0 amide bonds. The fraction of sp³-hybridized carbons (Fsp3) is 0.600. The molecule has 0 aliphatic heterocycles. The van der Waals surface area contributed by atoms with Crippen molar-refractivity contribution < 1.29 is 17.9 Å². The lowest BCUT2D eigenvalue weighted by molar-refractivity contribution is -0.273. The molecule has 214 valence electrons. The van der Waals surface area contributed by atoms with Crippen molar-refractivity contribution in [2.75, 3.05) is 0 Å². The fourth-order valence-electron chi connectivity index (χ4n) is 6.80. The van der Waals surface area contributed by atoms with Crippen LogP contribution in [0.3, 0.4) is 0 Å². The van der Waals surface area contributed by atoms with Gasteiger partial charge in [-0.1, -0.05) is 75.1 Å². The van der Waals surface area contributed by atoms with Gasteiger partial charge in [-0.15, -0.1) is 0 Å². The van der Waals surface area contributed by atoms with Gasteiger partial charge < -0.3 is 4.74 Å². The topological polar surface area (TPSA) is 9.23 Å². The highest BCUT2D eigenvalue weighted by molar-refractivity contribution is 5.30. The third-order valence-corrected chi connectivity index (χ3v) is 9.28. The van der Waals surface area contributed by atoms with E-state index in [2.05, 4.69) is 31.2 Å². The van der Waals surface area contributed by atoms with Gasteiger partial charge in [0, 0.05) is 0 Å². The maximum absolute atomic E-state index is 15.1. The highest BCUT2D eigenvalue weighted by Gasteiger charge is 2.38. The predicted molar refractivity (Wildman–Crippen MR) is 155 cm³/mol. The summed E-state index contributed by atoms with van der Waals surface area (Å²) < 4.78 is 50.4. The van der Waals surface area contributed by atoms with Crippen LogP contribution in [0.5, 0.6) is 0 Å². The van der Waals surface area contributed by atoms with E-state index in [1.54, 1.807) is 13.0 Å². The molecular weight excluding hydrogens is 493 g/mol. The van der Waals surface area contributed by atoms with E-state index in [1.165, 1.54) is 69.1 Å². The molecule has 1 atom stereocenters. The van der Waals surface area contributed by atoms with Gasteiger partial charge in [0.05, 0.1) is 11.7 Å². The lowest BCUT2D eigenvalue weighted by atomic mass is 9.77. The Kier molecular flexibility index (Phi) is 10.7. The number of ether oxygens (including phenoxy) is 1. The Bertz CT molecular complexity index is 1040. The number of alkyl halides is 2. The van der Waals surface area contributed by atoms with E-state index >= 15 is 8.78 Å². The van der Waals surface area contributed by atoms with Gasteiger partial charge in [0.1, 0.15) is 5.82 Å². The molecule has 0 spiro atoms. The van der Waals surface area contributed by atoms with Gasteiger partial charge in [-0.25, -0.2) is 4.39 Å². The minimum Gasteiger partial charge on any atom is -0.309 e. The monoisotopic (exact) mass is 540 g/mol. The van der Waals surface area contributed by atoms with E-state index in [0.29, 0.717) is 17.4 Å². The third kappa shape index (κ3) is 7.99. The number of allylic oxidation sites excluding steroid dienone is 2. The molecule has 0 N–H and O–H groups in total. The third-order valence-electron chi connectivity index (χ3n) is 9.28. The highest BCUT2D eigenvalue weighted by atomic mass is 19.3. The standard InChI is InChI=1S/C35H47F3O/c1-4-6-7-9-27-12-14-29(15-13-27)30-20-18-28(19-21-30)25(3)39-35(37,38)33-23-22-32(24-34(33)36)31-16-10-26(8-5-2)11-17-31/h5,8,18-27,29,31H,4,6-7,9-17H2,1-3H3/b8-5+. The van der Waals surface area contributed by atoms with Gasteiger partial charge >= 0.3 is 6.11 Å². The number of hydrogen-bond acceptors (Lipinski definition) is 1. The van der Waals surface area contributed by atoms with Crippen molar-refractivity contribution in [2.45, 2.75) is 122 Å². The largest absolute Gasteiger partial charge is 0.386 e. The molecule has 2 aromatic carbocycles. The summed E-state index contributed by atoms with van der Waals surface area (Å²) in [6.07, 6.45) is 14.0. The Morgan fingerprint density at radius 3 is 2.10 bits per heavy atom. The van der Waals surface area contributed by atoms with E-state index in [1.807, 2.05) is 19.1 Å². The molecule has 0 saturated heterocycles. The molecule has 0 heterocycles. The molecule has 2 aliphatic carbocycles. The van der Waals surface area contributed by atoms with Gasteiger partial charge in [-0.3, -0.25) is 0 Å². The quantitative estimate of drug-likeness (QED) is 0.203. The van der Waals surface area contributed by atoms with Crippen LogP contribution in [0.15, 0.2) is 54.6 Å². The van der Waals surface area contributed by atoms with E-state index in [4.69, 9.17) is 4.74 Å². The van der Waals surface area contributed by atoms with Crippen LogP contribution in [0.1, 0.15) is 138 Å². The van der Waals surface area contributed by atoms with Gasteiger partial charge in [-0.05, 0) is 118 Å². The van der Waals surface area contributed by atoms with E-state index in [0.717, 1.165) is 37.2 Å². The highest BCUT2D eigenvalue weighted by Crippen LogP contribution is 2.41. The summed E-state index contributed by atoms with van der Waals surface area (Å²) >= 11 is 0. The summed E-state index contributed by atoms with van der Waals surface area (Å²) in [4.78, 5) is 0. The number of hydrogen-bond donors (Lipinski definition) is 0. The van der Waals surface area contributed by atoms with Crippen LogP contribution in [0.2, 0.25) is 0 Å². The van der Waals surface area contributed by atoms with Crippen LogP contribution in [0.25, 0.3) is 0 Å². The maximum atomic E-state index is 15.1. The van der Waals surface area contributed by atoms with Crippen molar-refractivity contribution in [1.82, 2.24) is 0 Å². The van der Waals surface area contributed by atoms with E-state index in [9.17, 15) is 4.39 Å². The van der Waals surface area contributed by atoms with Crippen molar-refractivity contribution >= 4 is 0 Å². The number of unbranched alkanes of at least 4 members (excludes halogenated alkanes) is 2. The van der Waals surface area contributed by atoms with Crippen LogP contribution in [0, 0.1) is 17.7 Å². The van der Waals surface area contributed by atoms with Gasteiger partial charge in [0.15, 0.2) is 0 Å². The summed E-state index contributed by atoms with van der Waals surface area (Å²) in [7, 11) is 0. The average molecular weight is 541 g/mol. The molecule has 1 nitrogen and oxygen atoms in total. The van der Waals surface area contributed by atoms with Crippen molar-refractivity contribution in [2.24, 2.45) is 11.8 Å². The minimum atomic E-state index is -3.71. The molecule has 4 rings (SSSR count). The Morgan fingerprint density at radius 2 is 1.49 bits per heavy atom. The lowest BCUT2D eigenvalue weighted by Crippen LogP contribution is -2.22. The fourth-order valence-corrected chi connectivity index (χ4v) is 6.80. The molecule has 2 aromatic rings. The molecule has 0 bridgehead atoms. The van der Waals surface area contributed by atoms with Crippen molar-refractivity contribution in [3.63, 3.8) is 0 Å². The average Bonchev–Trinajstić information content (AvgIpc) is 2.94. The van der Waals surface area contributed by atoms with E-state index in [-0.39, 0.29) is 5.92 Å². The lowest BCUT2D eigenvalue weighted by Gasteiger charge is -2.29. The van der Waals surface area contributed by atoms with Crippen LogP contribution in [-0.2, 0) is 10.8 Å². The van der Waals surface area contributed by atoms with Crippen molar-refractivity contribution in [3.8, 4) is 0 Å². The SMILES string of the molecule is C/C=C/C1CCC(c2ccc(C(F)(F)OC(C)c3ccc(C4CCC(CCCCC)CC4)cc3)c(F)c2)CC1. The molecule has 0 aromatic heterocycles. The first-order valence-corrected chi connectivity index (χ1v) is 15.4. The Labute approximate surface area is 234 Å². The summed E-state index contributed by atoms with van der Waals surface area (Å²) in [5.74, 6) is 1.30. The summed E-state index contributed by atoms with van der Waals surface area (Å²) in [5, 5.41) is 0. The summed E-state index contributed by atoms with van der Waals surface area (Å²) in [6, 6.07) is 12.1. The number of benzene rings is 2. The summed E-state index contributed by atoms with van der Waals surface area (Å²) in [5.41, 5.74) is 2.09. The molecule has 39 heavy (non-hydrogen) atoms. The molecule has 1 unspecified atom stereocenters. The first-order valence-electron chi connectivity index (χ1n) is 15.4. The Morgan fingerprint density at radius 1 is 0.872 bits per heavy atom. The van der Waals surface area contributed by atoms with Crippen LogP contribution in [0.4, 0.5) is 13.2 Å². The van der Waals surface area contributed by atoms with Crippen LogP contribution >= 0.6 is 0 Å². The molecule has 2 aliphatic rings. The van der Waals surface area contributed by atoms with Crippen molar-refractivity contribution in [1.29, 1.82) is 0 Å². The second-order valence-electron chi connectivity index (χ2n) is 12.0. The molecular formula is C35H47F3O. The van der Waals surface area contributed by atoms with Crippen molar-refractivity contribution in [3.05, 3.63) is 82.7 Å². The smallest absolute Gasteiger partial charge is 0.309 e. The zero-order chi connectivity index (χ0) is 27.8. The number of halogens is 3. The Balaban J connectivity index is 1.32. The maximum Gasteiger partial charge on any atom is 0.386 e. The minimum absolute atomic E-state index is 0.221. The van der Waals surface area contributed by atoms with Gasteiger partial charge in [0.25, 0.3) is 0 Å². The van der Waals surface area contributed by atoms with Crippen LogP contribution in [-0.4, -0.2) is 0 Å². The molecule has 4 heteroatoms. The van der Waals surface area contributed by atoms with Gasteiger partial charge in [-0.2, -0.15) is 8.78 Å². The first kappa shape index (κ1) is 29.9. The number of rotatable bonds is 11. The summed E-state index contributed by atoms with van der Waals surface area (Å²) in [6.45, 7) is 5.89. The predicted octanol–water partition coefficient (Wildman–Crippen LogP) is 11.4. The van der Waals surface area contributed by atoms with Gasteiger partial charge in [0.2, 0.25) is 0 Å². The zero-order valence-corrected chi connectivity index (χ0v) is 24.1.